The van der Waals surface area contributed by atoms with Crippen LogP contribution < -0.4 is 5.73 Å². The quantitative estimate of drug-likeness (QED) is 0.652. The summed E-state index contributed by atoms with van der Waals surface area (Å²) in [6.07, 6.45) is 2.94. The lowest BCUT2D eigenvalue weighted by Gasteiger charge is -1.96. The lowest BCUT2D eigenvalue weighted by molar-refractivity contribution is 0.845. The Hall–Kier alpha value is -1.12. The Balaban J connectivity index is 2.25. The molecule has 0 bridgehead atoms. The van der Waals surface area contributed by atoms with Gasteiger partial charge in [-0.1, -0.05) is 6.92 Å². The van der Waals surface area contributed by atoms with E-state index in [1.54, 1.807) is 12.3 Å². The van der Waals surface area contributed by atoms with Crippen LogP contribution in [0.15, 0.2) is 12.3 Å². The van der Waals surface area contributed by atoms with E-state index in [-0.39, 0.29) is 0 Å². The third kappa shape index (κ3) is 1.18. The van der Waals surface area contributed by atoms with Gasteiger partial charge in [0.25, 0.3) is 0 Å². The van der Waals surface area contributed by atoms with Crippen molar-refractivity contribution in [2.24, 2.45) is 5.92 Å². The number of anilines is 1. The molecule has 3 heteroatoms. The first-order chi connectivity index (χ1) is 5.27. The van der Waals surface area contributed by atoms with Crippen LogP contribution in [-0.4, -0.2) is 9.97 Å². The molecule has 3 nitrogen and oxygen atoms in total. The summed E-state index contributed by atoms with van der Waals surface area (Å²) in [5, 5.41) is 0. The van der Waals surface area contributed by atoms with E-state index in [9.17, 15) is 0 Å². The van der Waals surface area contributed by atoms with Crippen molar-refractivity contribution in [1.82, 2.24) is 9.97 Å². The first-order valence-corrected chi connectivity index (χ1v) is 3.86. The molecule has 0 radical (unpaired) electrons. The zero-order valence-corrected chi connectivity index (χ0v) is 6.49. The van der Waals surface area contributed by atoms with Crippen LogP contribution in [0.2, 0.25) is 0 Å². The van der Waals surface area contributed by atoms with Gasteiger partial charge >= 0.3 is 0 Å². The summed E-state index contributed by atoms with van der Waals surface area (Å²) in [7, 11) is 0. The highest BCUT2D eigenvalue weighted by Gasteiger charge is 2.36. The van der Waals surface area contributed by atoms with Crippen molar-refractivity contribution in [3.8, 4) is 0 Å². The van der Waals surface area contributed by atoms with Gasteiger partial charge in [0.2, 0.25) is 0 Å². The van der Waals surface area contributed by atoms with Gasteiger partial charge in [-0.05, 0) is 18.4 Å². The monoisotopic (exact) mass is 149 g/mol. The molecule has 1 heterocycles. The molecule has 1 saturated carbocycles. The third-order valence-electron chi connectivity index (χ3n) is 2.14. The normalized spacial score (nSPS) is 28.5. The van der Waals surface area contributed by atoms with E-state index in [0.29, 0.717) is 11.7 Å². The largest absolute Gasteiger partial charge is 0.384 e. The molecule has 2 N–H and O–H groups in total. The summed E-state index contributed by atoms with van der Waals surface area (Å²) in [6.45, 7) is 2.21. The van der Waals surface area contributed by atoms with Crippen LogP contribution >= 0.6 is 0 Å². The number of rotatable bonds is 1. The minimum atomic E-state index is 0.568. The summed E-state index contributed by atoms with van der Waals surface area (Å²) in [5.74, 6) is 2.81. The van der Waals surface area contributed by atoms with Gasteiger partial charge in [0, 0.05) is 12.1 Å². The van der Waals surface area contributed by atoms with Crippen molar-refractivity contribution in [2.45, 2.75) is 19.3 Å². The fourth-order valence-corrected chi connectivity index (χ4v) is 1.25. The molecule has 1 aliphatic carbocycles. The molecular formula is C8H11N3. The van der Waals surface area contributed by atoms with Gasteiger partial charge in [-0.3, -0.25) is 0 Å². The molecule has 1 aliphatic rings. The highest BCUT2D eigenvalue weighted by atomic mass is 14.9. The summed E-state index contributed by atoms with van der Waals surface area (Å²) in [5.41, 5.74) is 5.52. The predicted octanol–water partition coefficient (Wildman–Crippen LogP) is 1.18. The van der Waals surface area contributed by atoms with Gasteiger partial charge in [0.05, 0.1) is 0 Å². The SMILES string of the molecule is C[C@@H]1C[C@@H]1c1nccc(N)n1. The van der Waals surface area contributed by atoms with Gasteiger partial charge in [0.1, 0.15) is 11.6 Å². The van der Waals surface area contributed by atoms with Crippen LogP contribution in [0.1, 0.15) is 25.1 Å². The minimum Gasteiger partial charge on any atom is -0.384 e. The Morgan fingerprint density at radius 2 is 2.36 bits per heavy atom. The maximum absolute atomic E-state index is 5.52. The average molecular weight is 149 g/mol. The Labute approximate surface area is 65.7 Å². The molecule has 11 heavy (non-hydrogen) atoms. The number of hydrogen-bond donors (Lipinski definition) is 1. The van der Waals surface area contributed by atoms with Crippen molar-refractivity contribution in [2.75, 3.05) is 5.73 Å². The molecule has 0 saturated heterocycles. The third-order valence-corrected chi connectivity index (χ3v) is 2.14. The van der Waals surface area contributed by atoms with E-state index in [4.69, 9.17) is 5.73 Å². The molecule has 0 spiro atoms. The molecule has 1 aromatic rings. The molecule has 1 aromatic heterocycles. The van der Waals surface area contributed by atoms with Crippen molar-refractivity contribution >= 4 is 5.82 Å². The Morgan fingerprint density at radius 3 is 2.91 bits per heavy atom. The highest BCUT2D eigenvalue weighted by Crippen LogP contribution is 2.45. The standard InChI is InChI=1S/C8H11N3/c1-5-4-6(5)8-10-3-2-7(9)11-8/h2-3,5-6H,4H2,1H3,(H2,9,10,11)/t5-,6+/m1/s1. The number of aromatic nitrogens is 2. The number of nitrogen functional groups attached to an aromatic ring is 1. The average Bonchev–Trinajstić information content (AvgIpc) is 2.67. The summed E-state index contributed by atoms with van der Waals surface area (Å²) >= 11 is 0. The lowest BCUT2D eigenvalue weighted by atomic mass is 10.3. The molecule has 2 atom stereocenters. The summed E-state index contributed by atoms with van der Waals surface area (Å²) in [6, 6.07) is 1.72. The van der Waals surface area contributed by atoms with E-state index in [1.807, 2.05) is 0 Å². The second-order valence-electron chi connectivity index (χ2n) is 3.16. The lowest BCUT2D eigenvalue weighted by Crippen LogP contribution is -1.97. The van der Waals surface area contributed by atoms with Crippen LogP contribution in [0.25, 0.3) is 0 Å². The second kappa shape index (κ2) is 2.19. The molecular weight excluding hydrogens is 138 g/mol. The zero-order chi connectivity index (χ0) is 7.84. The Bertz CT molecular complexity index is 272. The van der Waals surface area contributed by atoms with Crippen molar-refractivity contribution in [3.05, 3.63) is 18.1 Å². The van der Waals surface area contributed by atoms with Gasteiger partial charge in [-0.15, -0.1) is 0 Å². The molecule has 0 aromatic carbocycles. The van der Waals surface area contributed by atoms with Gasteiger partial charge in [-0.2, -0.15) is 0 Å². The molecule has 0 unspecified atom stereocenters. The second-order valence-corrected chi connectivity index (χ2v) is 3.16. The van der Waals surface area contributed by atoms with Gasteiger partial charge in [-0.25, -0.2) is 9.97 Å². The Morgan fingerprint density at radius 1 is 1.64 bits per heavy atom. The summed E-state index contributed by atoms with van der Waals surface area (Å²) < 4.78 is 0. The van der Waals surface area contributed by atoms with Gasteiger partial charge in [0.15, 0.2) is 0 Å². The maximum atomic E-state index is 5.52. The number of nitrogens with zero attached hydrogens (tertiary/aromatic N) is 2. The van der Waals surface area contributed by atoms with Crippen molar-refractivity contribution in [3.63, 3.8) is 0 Å². The topological polar surface area (TPSA) is 51.8 Å². The fourth-order valence-electron chi connectivity index (χ4n) is 1.25. The highest BCUT2D eigenvalue weighted by molar-refractivity contribution is 5.27. The molecule has 0 amide bonds. The van der Waals surface area contributed by atoms with E-state index in [0.717, 1.165) is 11.7 Å². The first-order valence-electron chi connectivity index (χ1n) is 3.86. The Kier molecular flexibility index (Phi) is 1.31. The van der Waals surface area contributed by atoms with Crippen LogP contribution in [0.3, 0.4) is 0 Å². The smallest absolute Gasteiger partial charge is 0.134 e. The maximum Gasteiger partial charge on any atom is 0.134 e. The number of nitrogens with two attached hydrogens (primary N) is 1. The van der Waals surface area contributed by atoms with Crippen LogP contribution in [0.5, 0.6) is 0 Å². The van der Waals surface area contributed by atoms with E-state index < -0.39 is 0 Å². The predicted molar refractivity (Wildman–Crippen MR) is 43.0 cm³/mol. The fraction of sp³-hybridized carbons (Fsp3) is 0.500. The number of hydrogen-bond acceptors (Lipinski definition) is 3. The van der Waals surface area contributed by atoms with Crippen LogP contribution in [-0.2, 0) is 0 Å². The van der Waals surface area contributed by atoms with Crippen molar-refractivity contribution in [1.29, 1.82) is 0 Å². The molecule has 2 rings (SSSR count). The zero-order valence-electron chi connectivity index (χ0n) is 6.49. The van der Waals surface area contributed by atoms with Crippen molar-refractivity contribution < 1.29 is 0 Å². The molecule has 0 aliphatic heterocycles. The van der Waals surface area contributed by atoms with E-state index in [2.05, 4.69) is 16.9 Å². The van der Waals surface area contributed by atoms with Crippen LogP contribution in [0, 0.1) is 5.92 Å². The summed E-state index contributed by atoms with van der Waals surface area (Å²) in [4.78, 5) is 8.31. The molecule has 58 valence electrons. The van der Waals surface area contributed by atoms with E-state index >= 15 is 0 Å². The van der Waals surface area contributed by atoms with Crippen LogP contribution in [0.4, 0.5) is 5.82 Å². The molecule has 1 fully saturated rings. The van der Waals surface area contributed by atoms with E-state index in [1.165, 1.54) is 6.42 Å². The minimum absolute atomic E-state index is 0.568. The first kappa shape index (κ1) is 6.58. The van der Waals surface area contributed by atoms with Gasteiger partial charge < -0.3 is 5.73 Å².